The lowest BCUT2D eigenvalue weighted by molar-refractivity contribution is -0.386. The van der Waals surface area contributed by atoms with Gasteiger partial charge in [-0.3, -0.25) is 19.8 Å². The summed E-state index contributed by atoms with van der Waals surface area (Å²) in [5, 5.41) is 14.0. The Kier molecular flexibility index (Phi) is 14.5. The number of nitro benzene ring substituents is 1. The number of aromatic nitrogens is 2. The van der Waals surface area contributed by atoms with Crippen LogP contribution >= 0.6 is 11.6 Å². The van der Waals surface area contributed by atoms with E-state index < -0.39 is 47.3 Å². The second-order valence-electron chi connectivity index (χ2n) is 19.4. The van der Waals surface area contributed by atoms with Crippen molar-refractivity contribution in [2.45, 2.75) is 50.8 Å². The van der Waals surface area contributed by atoms with Crippen LogP contribution in [0.15, 0.2) is 94.0 Å². The molecule has 3 aromatic carbocycles. The van der Waals surface area contributed by atoms with Gasteiger partial charge < -0.3 is 29.0 Å². The van der Waals surface area contributed by atoms with Crippen molar-refractivity contribution in [2.75, 3.05) is 82.5 Å². The molecule has 5 heterocycles. The Hall–Kier alpha value is -6.06. The molecule has 2 aromatic heterocycles. The number of halogens is 1. The van der Waals surface area contributed by atoms with Crippen molar-refractivity contribution in [3.8, 4) is 17.2 Å². The van der Waals surface area contributed by atoms with E-state index in [0.717, 1.165) is 56.0 Å². The first-order chi connectivity index (χ1) is 33.9. The first kappa shape index (κ1) is 49.9. The maximum absolute atomic E-state index is 14.1. The van der Waals surface area contributed by atoms with Gasteiger partial charge in [0.15, 0.2) is 0 Å². The van der Waals surface area contributed by atoms with E-state index in [1.165, 1.54) is 42.1 Å². The van der Waals surface area contributed by atoms with Crippen molar-refractivity contribution in [1.29, 1.82) is 0 Å². The Morgan fingerprint density at radius 1 is 1.03 bits per heavy atom. The van der Waals surface area contributed by atoms with Gasteiger partial charge in [0.25, 0.3) is 21.6 Å². The number of nitro groups is 1. The van der Waals surface area contributed by atoms with E-state index in [4.69, 9.17) is 21.1 Å². The molecule has 376 valence electrons. The van der Waals surface area contributed by atoms with Crippen molar-refractivity contribution >= 4 is 71.3 Å². The molecule has 2 saturated heterocycles. The van der Waals surface area contributed by atoms with Crippen LogP contribution in [0.25, 0.3) is 16.6 Å². The summed E-state index contributed by atoms with van der Waals surface area (Å²) in [6.07, 6.45) is 6.40. The molecule has 2 amide bonds. The number of methoxy groups -OCH3 is 1. The van der Waals surface area contributed by atoms with Gasteiger partial charge in [-0.2, -0.15) is 0 Å². The van der Waals surface area contributed by atoms with Gasteiger partial charge in [-0.25, -0.2) is 27.1 Å². The van der Waals surface area contributed by atoms with Crippen molar-refractivity contribution in [2.24, 2.45) is 15.7 Å². The second kappa shape index (κ2) is 20.6. The highest BCUT2D eigenvalue weighted by Gasteiger charge is 2.34. The number of sulfonamides is 1. The number of carbonyl (C=O) groups is 2. The summed E-state index contributed by atoms with van der Waals surface area (Å²) in [6, 6.07) is 18.9. The highest BCUT2D eigenvalue weighted by atomic mass is 35.5. The normalized spacial score (nSPS) is 19.4. The fourth-order valence-electron chi connectivity index (χ4n) is 9.83. The number of piperazine rings is 1. The Morgan fingerprint density at radius 3 is 2.52 bits per heavy atom. The second-order valence-corrected chi connectivity index (χ2v) is 24.1. The van der Waals surface area contributed by atoms with Gasteiger partial charge in [0.2, 0.25) is 0 Å². The van der Waals surface area contributed by atoms with Gasteiger partial charge in [0, 0.05) is 97.8 Å². The van der Waals surface area contributed by atoms with Crippen LogP contribution in [0.3, 0.4) is 0 Å². The fraction of sp³-hybridized carbons (Fsp3) is 0.420. The topological polar surface area (TPSA) is 219 Å². The lowest BCUT2D eigenvalue weighted by atomic mass is 9.72. The number of hydrogen-bond donors (Lipinski definition) is 2. The van der Waals surface area contributed by atoms with Crippen LogP contribution < -0.4 is 19.1 Å². The Balaban J connectivity index is 0.898. The van der Waals surface area contributed by atoms with Crippen molar-refractivity contribution in [3.05, 3.63) is 117 Å². The zero-order valence-corrected chi connectivity index (χ0v) is 42.2. The molecular weight excluding hydrogens is 972 g/mol. The summed E-state index contributed by atoms with van der Waals surface area (Å²) >= 11 is 6.25. The number of nitrogens with zero attached hydrogens (tertiary/aromatic N) is 6. The van der Waals surface area contributed by atoms with Gasteiger partial charge in [0.1, 0.15) is 22.9 Å². The molecule has 0 bridgehead atoms. The molecule has 3 aliphatic heterocycles. The molecule has 0 spiro atoms. The molecule has 5 aromatic rings. The lowest BCUT2D eigenvalue weighted by Gasteiger charge is -2.39. The number of H-pyrrole nitrogens is 1. The molecule has 2 fully saturated rings. The van der Waals surface area contributed by atoms with Crippen LogP contribution in [-0.4, -0.2) is 127 Å². The maximum atomic E-state index is 14.1. The molecule has 2 N–H and O–H groups in total. The maximum Gasteiger partial charge on any atom is 0.441 e. The predicted molar refractivity (Wildman–Crippen MR) is 271 cm³/mol. The number of benzene rings is 3. The highest BCUT2D eigenvalue weighted by Crippen LogP contribution is 2.44. The van der Waals surface area contributed by atoms with Crippen LogP contribution in [0.2, 0.25) is 5.02 Å². The standard InChI is InChI=1S/C50H57ClN8O10S2/c1-50(2)13-10-36(43(29-50)34-4-6-37(51)7-5-34)31-57-16-18-58(19-17-57)38-8-9-41(46(26-38)69-39-25-35-11-14-52-47(35)53-30-39)48(60)54-71(65,66)40-27-44(59(62)63)42-24-33(32-68-45(42)28-40)12-15-56-20-22-70(64,23-21-56)55-49(61)67-3/h4-9,11,14,25-28,30,33H,10,12-13,15-24,29,31-32H2,1-3H3,(H,52,53)(H,54,60)/t33-/m0/s1. The Morgan fingerprint density at radius 2 is 1.79 bits per heavy atom. The van der Waals surface area contributed by atoms with Crippen LogP contribution in [0.4, 0.5) is 16.2 Å². The largest absolute Gasteiger partial charge is 0.493 e. The Labute approximate surface area is 418 Å². The molecule has 9 rings (SSSR count). The zero-order valence-electron chi connectivity index (χ0n) is 39.9. The van der Waals surface area contributed by atoms with E-state index in [9.17, 15) is 32.3 Å². The first-order valence-electron chi connectivity index (χ1n) is 23.7. The number of carbonyl (C=O) groups excluding carboxylic acids is 2. The van der Waals surface area contributed by atoms with E-state index in [2.05, 4.69) is 64.5 Å². The number of hydrogen-bond acceptors (Lipinski definition) is 14. The van der Waals surface area contributed by atoms with Crippen LogP contribution in [0.5, 0.6) is 17.2 Å². The molecule has 71 heavy (non-hydrogen) atoms. The minimum Gasteiger partial charge on any atom is -0.493 e. The molecular formula is C50H57ClN8O10S2. The summed E-state index contributed by atoms with van der Waals surface area (Å²) in [7, 11) is -6.20. The number of nitrogens with one attached hydrogen (secondary N) is 2. The summed E-state index contributed by atoms with van der Waals surface area (Å²) in [4.78, 5) is 51.3. The lowest BCUT2D eigenvalue weighted by Crippen LogP contribution is -2.47. The summed E-state index contributed by atoms with van der Waals surface area (Å²) < 4.78 is 63.7. The molecule has 0 radical (unpaired) electrons. The van der Waals surface area contributed by atoms with Crippen molar-refractivity contribution < 1.29 is 41.3 Å². The summed E-state index contributed by atoms with van der Waals surface area (Å²) in [5.74, 6) is -0.224. The number of ether oxygens (including phenoxy) is 3. The third kappa shape index (κ3) is 11.7. The summed E-state index contributed by atoms with van der Waals surface area (Å²) in [6.45, 7) is 10.2. The number of pyridine rings is 1. The van der Waals surface area contributed by atoms with E-state index >= 15 is 0 Å². The average molecular weight is 1030 g/mol. The molecule has 21 heteroatoms. The van der Waals surface area contributed by atoms with Gasteiger partial charge in [-0.1, -0.05) is 43.2 Å². The average Bonchev–Trinajstić information content (AvgIpc) is 3.82. The van der Waals surface area contributed by atoms with Crippen molar-refractivity contribution in [3.63, 3.8) is 0 Å². The van der Waals surface area contributed by atoms with E-state index in [0.29, 0.717) is 55.6 Å². The van der Waals surface area contributed by atoms with Gasteiger partial charge in [-0.05, 0) is 97.5 Å². The van der Waals surface area contributed by atoms with E-state index in [1.807, 2.05) is 18.2 Å². The van der Waals surface area contributed by atoms with Crippen LogP contribution in [0.1, 0.15) is 61.0 Å². The van der Waals surface area contributed by atoms with Gasteiger partial charge in [-0.15, -0.1) is 4.36 Å². The number of aromatic amines is 1. The van der Waals surface area contributed by atoms with E-state index in [-0.39, 0.29) is 58.5 Å². The minimum absolute atomic E-state index is 0.0490. The molecule has 0 saturated carbocycles. The Bertz CT molecular complexity index is 3130. The number of allylic oxidation sites excluding steroid dienone is 1. The fourth-order valence-corrected chi connectivity index (χ4v) is 12.8. The first-order valence-corrected chi connectivity index (χ1v) is 27.4. The minimum atomic E-state index is -4.69. The molecule has 0 unspecified atom stereocenters. The van der Waals surface area contributed by atoms with Crippen molar-refractivity contribution in [1.82, 2.24) is 24.5 Å². The molecule has 1 atom stereocenters. The predicted octanol–water partition coefficient (Wildman–Crippen LogP) is 8.31. The number of rotatable bonds is 13. The van der Waals surface area contributed by atoms with Gasteiger partial charge >= 0.3 is 6.09 Å². The van der Waals surface area contributed by atoms with Crippen LogP contribution in [0, 0.1) is 21.4 Å². The van der Waals surface area contributed by atoms with E-state index in [1.54, 1.807) is 24.4 Å². The van der Waals surface area contributed by atoms with Crippen LogP contribution in [-0.2, 0) is 30.9 Å². The number of anilines is 1. The number of fused-ring (bicyclic) bond motifs is 2. The SMILES string of the molecule is COC(=O)N=S1(=O)CCN(CC[C@@H]2COc3cc(S(=O)(=O)NC(=O)c4ccc(N5CCN(CC6=C(c7ccc(Cl)cc7)CC(C)(C)CC6)CC5)cc4Oc4cnc5[nH]ccc5c4)cc([N+](=O)[O-])c3C2)CC1. The summed E-state index contributed by atoms with van der Waals surface area (Å²) in [5.41, 5.74) is 5.43. The number of amides is 2. The molecule has 18 nitrogen and oxygen atoms in total. The van der Waals surface area contributed by atoms with Gasteiger partial charge in [0.05, 0.1) is 50.6 Å². The quantitative estimate of drug-likeness (QED) is 0.0837. The third-order valence-electron chi connectivity index (χ3n) is 13.9. The molecule has 4 aliphatic rings. The molecule has 1 aliphatic carbocycles. The smallest absolute Gasteiger partial charge is 0.441 e. The monoisotopic (exact) mass is 1030 g/mol. The highest BCUT2D eigenvalue weighted by molar-refractivity contribution is 7.94. The zero-order chi connectivity index (χ0) is 50.1. The third-order valence-corrected chi connectivity index (χ3v) is 17.6.